The van der Waals surface area contributed by atoms with Gasteiger partial charge in [-0.05, 0) is 32.3 Å². The maximum absolute atomic E-state index is 12.6. The zero-order valence-electron chi connectivity index (χ0n) is 16.4. The number of carbonyl (C=O) groups is 1. The second-order valence-corrected chi connectivity index (χ2v) is 7.59. The van der Waals surface area contributed by atoms with Crippen molar-refractivity contribution in [3.05, 3.63) is 40.3 Å². The van der Waals surface area contributed by atoms with Gasteiger partial charge in [-0.2, -0.15) is 5.10 Å². The number of benzene rings is 1. The van der Waals surface area contributed by atoms with Gasteiger partial charge in [-0.1, -0.05) is 57.7 Å². The average molecular weight is 357 g/mol. The lowest BCUT2D eigenvalue weighted by Gasteiger charge is -2.13. The molecule has 2 rings (SSSR count). The van der Waals surface area contributed by atoms with Crippen LogP contribution in [0.15, 0.2) is 29.1 Å². The molecule has 0 aliphatic rings. The quantitative estimate of drug-likeness (QED) is 0.680. The van der Waals surface area contributed by atoms with Crippen LogP contribution in [-0.4, -0.2) is 22.2 Å². The van der Waals surface area contributed by atoms with Crippen LogP contribution in [0.3, 0.4) is 0 Å². The van der Waals surface area contributed by atoms with Crippen LogP contribution < -0.4 is 10.9 Å². The van der Waals surface area contributed by atoms with Crippen LogP contribution in [0, 0.1) is 5.92 Å². The predicted octanol–water partition coefficient (Wildman–Crippen LogP) is 4.31. The number of carbonyl (C=O) groups excluding carboxylic acids is 1. The first-order chi connectivity index (χ1) is 12.4. The third-order valence-electron chi connectivity index (χ3n) is 4.53. The number of aromatic nitrogens is 2. The molecule has 0 saturated heterocycles. The molecule has 0 aliphatic heterocycles. The van der Waals surface area contributed by atoms with Crippen molar-refractivity contribution in [1.29, 1.82) is 0 Å². The molecule has 1 aromatic heterocycles. The summed E-state index contributed by atoms with van der Waals surface area (Å²) in [5.74, 6) is 0.545. The van der Waals surface area contributed by atoms with E-state index in [9.17, 15) is 9.59 Å². The summed E-state index contributed by atoms with van der Waals surface area (Å²) in [7, 11) is 0. The van der Waals surface area contributed by atoms with E-state index in [1.165, 1.54) is 23.9 Å². The SMILES string of the molecule is CC(C)CCCCCCNC(=O)c1nn(C(C)C)c(=O)c2ccccc12. The van der Waals surface area contributed by atoms with Crippen LogP contribution in [0.4, 0.5) is 0 Å². The molecule has 0 bridgehead atoms. The minimum Gasteiger partial charge on any atom is -0.351 e. The topological polar surface area (TPSA) is 64.0 Å². The van der Waals surface area contributed by atoms with E-state index < -0.39 is 0 Å². The summed E-state index contributed by atoms with van der Waals surface area (Å²) in [5.41, 5.74) is 0.172. The summed E-state index contributed by atoms with van der Waals surface area (Å²) >= 11 is 0. The van der Waals surface area contributed by atoms with Gasteiger partial charge >= 0.3 is 0 Å². The van der Waals surface area contributed by atoms with Crippen LogP contribution in [0.2, 0.25) is 0 Å². The minimum atomic E-state index is -0.210. The fraction of sp³-hybridized carbons (Fsp3) is 0.571. The van der Waals surface area contributed by atoms with Gasteiger partial charge in [0.05, 0.1) is 11.4 Å². The van der Waals surface area contributed by atoms with Crippen LogP contribution in [0.1, 0.15) is 76.3 Å². The number of unbranched alkanes of at least 4 members (excludes halogenated alkanes) is 3. The Kier molecular flexibility index (Phi) is 7.37. The normalized spacial score (nSPS) is 11.5. The number of hydrogen-bond donors (Lipinski definition) is 1. The minimum absolute atomic E-state index is 0.0976. The van der Waals surface area contributed by atoms with E-state index in [0.717, 1.165) is 18.8 Å². The summed E-state index contributed by atoms with van der Waals surface area (Å²) in [6.45, 7) is 8.91. The monoisotopic (exact) mass is 357 g/mol. The largest absolute Gasteiger partial charge is 0.351 e. The smallest absolute Gasteiger partial charge is 0.274 e. The van der Waals surface area contributed by atoms with E-state index >= 15 is 0 Å². The van der Waals surface area contributed by atoms with Crippen LogP contribution in [0.25, 0.3) is 10.8 Å². The molecule has 0 radical (unpaired) electrons. The van der Waals surface area contributed by atoms with Crippen molar-refractivity contribution in [3.8, 4) is 0 Å². The Hall–Kier alpha value is -2.17. The molecule has 2 aromatic rings. The highest BCUT2D eigenvalue weighted by Crippen LogP contribution is 2.15. The van der Waals surface area contributed by atoms with Crippen molar-refractivity contribution < 1.29 is 4.79 Å². The molecule has 0 unspecified atom stereocenters. The Balaban J connectivity index is 2.03. The number of fused-ring (bicyclic) bond motifs is 1. The summed E-state index contributed by atoms with van der Waals surface area (Å²) < 4.78 is 1.39. The van der Waals surface area contributed by atoms with Gasteiger partial charge in [0.15, 0.2) is 5.69 Å². The number of amides is 1. The summed E-state index contributed by atoms with van der Waals surface area (Å²) in [6, 6.07) is 7.08. The van der Waals surface area contributed by atoms with Crippen molar-refractivity contribution in [3.63, 3.8) is 0 Å². The van der Waals surface area contributed by atoms with Gasteiger partial charge in [-0.3, -0.25) is 9.59 Å². The predicted molar refractivity (Wildman–Crippen MR) is 107 cm³/mol. The number of nitrogens with one attached hydrogen (secondary N) is 1. The molecule has 1 heterocycles. The summed E-state index contributed by atoms with van der Waals surface area (Å²) in [4.78, 5) is 25.2. The molecule has 1 aromatic carbocycles. The molecule has 0 aliphatic carbocycles. The average Bonchev–Trinajstić information content (AvgIpc) is 2.60. The highest BCUT2D eigenvalue weighted by Gasteiger charge is 2.17. The lowest BCUT2D eigenvalue weighted by atomic mass is 10.0. The molecular weight excluding hydrogens is 326 g/mol. The van der Waals surface area contributed by atoms with Crippen molar-refractivity contribution in [2.75, 3.05) is 6.54 Å². The second kappa shape index (κ2) is 9.51. The molecule has 26 heavy (non-hydrogen) atoms. The van der Waals surface area contributed by atoms with Crippen molar-refractivity contribution >= 4 is 16.7 Å². The van der Waals surface area contributed by atoms with Gasteiger partial charge in [-0.25, -0.2) is 4.68 Å². The molecule has 0 atom stereocenters. The first-order valence-corrected chi connectivity index (χ1v) is 9.71. The van der Waals surface area contributed by atoms with Gasteiger partial charge in [0, 0.05) is 11.9 Å². The zero-order chi connectivity index (χ0) is 19.1. The molecular formula is C21H31N3O2. The van der Waals surface area contributed by atoms with Gasteiger partial charge in [0.2, 0.25) is 0 Å². The number of hydrogen-bond acceptors (Lipinski definition) is 3. The third-order valence-corrected chi connectivity index (χ3v) is 4.53. The Labute approximate surface area is 155 Å². The number of nitrogens with zero attached hydrogens (tertiary/aromatic N) is 2. The highest BCUT2D eigenvalue weighted by atomic mass is 16.2. The van der Waals surface area contributed by atoms with Gasteiger partial charge < -0.3 is 5.32 Å². The third kappa shape index (κ3) is 5.16. The molecule has 1 N–H and O–H groups in total. The van der Waals surface area contributed by atoms with E-state index in [-0.39, 0.29) is 17.5 Å². The van der Waals surface area contributed by atoms with E-state index in [2.05, 4.69) is 24.3 Å². The second-order valence-electron chi connectivity index (χ2n) is 7.59. The molecule has 5 heteroatoms. The van der Waals surface area contributed by atoms with E-state index in [4.69, 9.17) is 0 Å². The summed E-state index contributed by atoms with van der Waals surface area (Å²) in [6.07, 6.45) is 5.79. The first kappa shape index (κ1) is 20.1. The first-order valence-electron chi connectivity index (χ1n) is 9.71. The Morgan fingerprint density at radius 1 is 1.04 bits per heavy atom. The van der Waals surface area contributed by atoms with Gasteiger partial charge in [0.1, 0.15) is 0 Å². The highest BCUT2D eigenvalue weighted by molar-refractivity contribution is 6.04. The van der Waals surface area contributed by atoms with Crippen LogP contribution in [0.5, 0.6) is 0 Å². The molecule has 0 spiro atoms. The lowest BCUT2D eigenvalue weighted by molar-refractivity contribution is 0.0947. The Bertz CT molecular complexity index is 793. The maximum atomic E-state index is 12.6. The van der Waals surface area contributed by atoms with Crippen molar-refractivity contribution in [2.45, 2.75) is 65.8 Å². The van der Waals surface area contributed by atoms with Crippen molar-refractivity contribution in [2.24, 2.45) is 5.92 Å². The van der Waals surface area contributed by atoms with E-state index in [1.54, 1.807) is 12.1 Å². The zero-order valence-corrected chi connectivity index (χ0v) is 16.4. The van der Waals surface area contributed by atoms with E-state index in [1.807, 2.05) is 26.0 Å². The van der Waals surface area contributed by atoms with Crippen LogP contribution >= 0.6 is 0 Å². The molecule has 5 nitrogen and oxygen atoms in total. The van der Waals surface area contributed by atoms with Gasteiger partial charge in [-0.15, -0.1) is 0 Å². The molecule has 1 amide bonds. The fourth-order valence-electron chi connectivity index (χ4n) is 3.04. The molecule has 142 valence electrons. The number of rotatable bonds is 9. The Morgan fingerprint density at radius 2 is 1.69 bits per heavy atom. The maximum Gasteiger partial charge on any atom is 0.274 e. The fourth-order valence-corrected chi connectivity index (χ4v) is 3.04. The Morgan fingerprint density at radius 3 is 2.35 bits per heavy atom. The van der Waals surface area contributed by atoms with Crippen LogP contribution in [-0.2, 0) is 0 Å². The summed E-state index contributed by atoms with van der Waals surface area (Å²) in [5, 5.41) is 8.45. The molecule has 0 fully saturated rings. The standard InChI is InChI=1S/C21H31N3O2/c1-15(2)11-7-5-6-10-14-22-20(25)19-17-12-8-9-13-18(17)21(26)24(23-19)16(3)4/h8-9,12-13,15-16H,5-7,10-11,14H2,1-4H3,(H,22,25). The lowest BCUT2D eigenvalue weighted by Crippen LogP contribution is -2.32. The van der Waals surface area contributed by atoms with E-state index in [0.29, 0.717) is 23.0 Å². The van der Waals surface area contributed by atoms with Gasteiger partial charge in [0.25, 0.3) is 11.5 Å². The molecule has 0 saturated carbocycles. The van der Waals surface area contributed by atoms with Crippen molar-refractivity contribution in [1.82, 2.24) is 15.1 Å².